The van der Waals surface area contributed by atoms with E-state index in [1.807, 2.05) is 62.3 Å². The Bertz CT molecular complexity index is 6250. The van der Waals surface area contributed by atoms with Crippen molar-refractivity contribution in [3.05, 3.63) is 241 Å². The molecule has 6 N–H and O–H groups in total. The molecule has 0 aliphatic carbocycles. The number of aryl methyl sites for hydroxylation is 1. The van der Waals surface area contributed by atoms with Gasteiger partial charge in [-0.3, -0.25) is 43.3 Å². The number of ether oxygens (including phenoxy) is 9. The van der Waals surface area contributed by atoms with E-state index < -0.39 is 132 Å². The Labute approximate surface area is 773 Å². The third-order valence-electron chi connectivity index (χ3n) is 23.0. The molecule has 8 aromatic carbocycles. The standard InChI is InChI=1S/C94H103N9O28S3/c1-57-17-22-72(23-18-57)132(114,115)34-26-77(106)63-13-8-14-65(38-63)91(111)95-27-25-86(133(116,117)118)78(107)16-10-30-124-32-33-125-56-69-52-101(99-98-69)28-31-123-29-9-15-76(105)64-20-24-79(128-94-90(110)89(109)88(108)85(53-104)129-94)84(41-64)131-134(119,120)130-71-21-19-62-39-70-48-96-75-46-83(81(122-5)45-74(75)93(113)102(70)51-68(62)40-71)127-55-60-36-58(49-100(2)3)35-59(37-60)54-126-82-42-67-47-97-87-43-61-11-6-7-12-66(61)50-103(87)92(112)73(67)44-80(82)121-4/h6-8,11-14,17-24,35-38,40-42,44-48,52,70,85-90,94,104,108-110H,9-10,15-16,25-34,39,43,49-51,53-56H2,1-5H3,(H,95,111)(H,116,117,118)/t70-,85+,86?,87-,88-,89-,90+,94?/m0/s1. The van der Waals surface area contributed by atoms with Gasteiger partial charge in [0, 0.05) is 106 Å². The number of aliphatic hydroxyl groups is 4. The van der Waals surface area contributed by atoms with Gasteiger partial charge in [0.25, 0.3) is 27.8 Å². The summed E-state index contributed by atoms with van der Waals surface area (Å²) in [5.41, 5.74) is 9.12. The molecule has 37 nitrogen and oxygen atoms in total. The second-order valence-corrected chi connectivity index (χ2v) is 37.9. The Hall–Kier alpha value is -12.3. The van der Waals surface area contributed by atoms with E-state index in [1.165, 1.54) is 73.5 Å². The van der Waals surface area contributed by atoms with E-state index in [0.717, 1.165) is 51.1 Å². The molecule has 1 fully saturated rings. The fraction of sp³-hybridized carbons (Fsp3) is 0.383. The fourth-order valence-corrected chi connectivity index (χ4v) is 18.8. The van der Waals surface area contributed by atoms with Crippen molar-refractivity contribution in [1.82, 2.24) is 35.0 Å². The topological polar surface area (TPSA) is 485 Å². The van der Waals surface area contributed by atoms with Gasteiger partial charge in [0.2, 0.25) is 6.29 Å². The average Bonchev–Trinajstić information content (AvgIpc) is 1.59. The molecule has 5 aliphatic heterocycles. The lowest BCUT2D eigenvalue weighted by atomic mass is 9.94. The molecule has 0 spiro atoms. The van der Waals surface area contributed by atoms with Crippen molar-refractivity contribution in [2.45, 2.75) is 157 Å². The number of hydrogen-bond acceptors (Lipinski definition) is 32. The smallest absolute Gasteiger partial charge is 0.493 e. The monoisotopic (exact) mass is 1900 g/mol. The first-order valence-corrected chi connectivity index (χ1v) is 47.7. The molecule has 0 radical (unpaired) electrons. The van der Waals surface area contributed by atoms with Gasteiger partial charge in [-0.25, -0.2) is 13.1 Å². The van der Waals surface area contributed by atoms with Crippen molar-refractivity contribution < 1.29 is 130 Å². The molecule has 8 atom stereocenters. The maximum Gasteiger partial charge on any atom is 0.501 e. The van der Waals surface area contributed by atoms with Crippen LogP contribution in [0.5, 0.6) is 40.2 Å². The predicted octanol–water partition coefficient (Wildman–Crippen LogP) is 7.63. The van der Waals surface area contributed by atoms with Crippen LogP contribution < -0.4 is 37.4 Å². The number of carbonyl (C=O) groups excluding carboxylic acids is 6. The summed E-state index contributed by atoms with van der Waals surface area (Å²) in [6.07, 6.45) is -4.16. The number of fused-ring (bicyclic) bond motifs is 6. The fourth-order valence-electron chi connectivity index (χ4n) is 16.0. The minimum absolute atomic E-state index is 0.0233. The lowest BCUT2D eigenvalue weighted by molar-refractivity contribution is -0.277. The lowest BCUT2D eigenvalue weighted by Gasteiger charge is -2.39. The highest BCUT2D eigenvalue weighted by molar-refractivity contribution is 7.91. The molecule has 5 aliphatic rings. The van der Waals surface area contributed by atoms with Gasteiger partial charge in [-0.15, -0.1) is 13.5 Å². The summed E-state index contributed by atoms with van der Waals surface area (Å²) in [7, 11) is -6.89. The normalized spacial score (nSPS) is 18.2. The molecule has 2 unspecified atom stereocenters. The molecule has 40 heteroatoms. The van der Waals surface area contributed by atoms with E-state index in [0.29, 0.717) is 64.8 Å². The number of sulfone groups is 1. The van der Waals surface area contributed by atoms with Crippen LogP contribution in [-0.2, 0) is 113 Å². The maximum atomic E-state index is 14.8. The zero-order chi connectivity index (χ0) is 95.1. The molecule has 0 saturated carbocycles. The zero-order valence-corrected chi connectivity index (χ0v) is 76.4. The largest absolute Gasteiger partial charge is 0.501 e. The number of rotatable bonds is 45. The first-order valence-electron chi connectivity index (χ1n) is 43.2. The van der Waals surface area contributed by atoms with E-state index in [-0.39, 0.29) is 162 Å². The molecular formula is C94H103N9O28S3. The summed E-state index contributed by atoms with van der Waals surface area (Å²) in [6, 6.07) is 40.0. The number of methoxy groups -OCH3 is 2. The maximum absolute atomic E-state index is 14.8. The quantitative estimate of drug-likeness (QED) is 0.0121. The second kappa shape index (κ2) is 43.8. The highest BCUT2D eigenvalue weighted by atomic mass is 32.3. The Kier molecular flexibility index (Phi) is 32.0. The number of aromatic nitrogens is 3. The molecule has 0 bridgehead atoms. The number of hydrogen-bond donors (Lipinski definition) is 6. The molecule has 3 amide bonds. The highest BCUT2D eigenvalue weighted by Gasteiger charge is 2.46. The van der Waals surface area contributed by atoms with Crippen LogP contribution in [0.25, 0.3) is 0 Å². The molecule has 9 aromatic rings. The Morgan fingerprint density at radius 3 is 2.01 bits per heavy atom. The summed E-state index contributed by atoms with van der Waals surface area (Å²) in [5, 5.41) is 50.8. The minimum Gasteiger partial charge on any atom is -0.493 e. The van der Waals surface area contributed by atoms with Crippen molar-refractivity contribution in [3.63, 3.8) is 0 Å². The van der Waals surface area contributed by atoms with E-state index in [4.69, 9.17) is 61.0 Å². The highest BCUT2D eigenvalue weighted by Crippen LogP contribution is 2.42. The van der Waals surface area contributed by atoms with Gasteiger partial charge in [-0.1, -0.05) is 77.5 Å². The number of nitrogens with zero attached hydrogens (tertiary/aromatic N) is 8. The average molecular weight is 1900 g/mol. The zero-order valence-electron chi connectivity index (χ0n) is 74.0. The van der Waals surface area contributed by atoms with Crippen molar-refractivity contribution in [1.29, 1.82) is 0 Å². The molecule has 1 aromatic heterocycles. The number of amides is 3. The van der Waals surface area contributed by atoms with Gasteiger partial charge in [-0.2, -0.15) is 8.42 Å². The number of nitrogens with one attached hydrogen (secondary N) is 1. The van der Waals surface area contributed by atoms with Crippen LogP contribution in [0.2, 0.25) is 0 Å². The van der Waals surface area contributed by atoms with E-state index in [9.17, 15) is 79.0 Å². The molecule has 6 heterocycles. The summed E-state index contributed by atoms with van der Waals surface area (Å²) >= 11 is 0. The Morgan fingerprint density at radius 1 is 0.612 bits per heavy atom. The summed E-state index contributed by atoms with van der Waals surface area (Å²) in [4.78, 5) is 96.8. The third kappa shape index (κ3) is 24.6. The number of aliphatic imine (C=N–C) groups is 2. The molecular weight excluding hydrogens is 1800 g/mol. The van der Waals surface area contributed by atoms with Gasteiger partial charge >= 0.3 is 10.4 Å². The first-order chi connectivity index (χ1) is 64.3. The van der Waals surface area contributed by atoms with Crippen LogP contribution in [0.4, 0.5) is 5.69 Å². The Morgan fingerprint density at radius 2 is 1.28 bits per heavy atom. The van der Waals surface area contributed by atoms with Crippen LogP contribution >= 0.6 is 0 Å². The second-order valence-electron chi connectivity index (χ2n) is 33.0. The number of carbonyl (C=O) groups is 6. The molecule has 710 valence electrons. The molecule has 134 heavy (non-hydrogen) atoms. The van der Waals surface area contributed by atoms with Crippen molar-refractivity contribution in [2.24, 2.45) is 9.98 Å². The van der Waals surface area contributed by atoms with E-state index in [1.54, 1.807) is 70.9 Å². The van der Waals surface area contributed by atoms with Crippen LogP contribution in [0.1, 0.15) is 146 Å². The van der Waals surface area contributed by atoms with E-state index in [2.05, 4.69) is 21.7 Å². The van der Waals surface area contributed by atoms with Crippen LogP contribution in [0.15, 0.2) is 173 Å². The SMILES string of the molecule is COc1cc2c(cc1OCc1cc(COc3cc4c(cc3OC)C(=O)N3Cc5cc(OS(=O)(=O)Oc6cc(C(=O)CCCOCCn7cc(COCCOCCCC(=O)C(CCNC(=O)c8cccc(C(=O)CCS(=O)(=O)c9ccc(C)cc9)c8)S(=O)(=O)O)nn7)ccc6OC6O[C@H](CO)[C@H](O)[C@H](O)[C@H]6O)ccc5C[C@H]3C=N4)cc(CN(C)C)c1)C=N[C@@H]1Cc3ccccc3CN1C2=O. The summed E-state index contributed by atoms with van der Waals surface area (Å²) in [5.74, 6) is -3.42. The number of benzene rings is 8. The van der Waals surface area contributed by atoms with Crippen molar-refractivity contribution >= 4 is 83.5 Å². The third-order valence-corrected chi connectivity index (χ3v) is 26.7. The van der Waals surface area contributed by atoms with Gasteiger partial charge in [-0.05, 0) is 165 Å². The van der Waals surface area contributed by atoms with Crippen LogP contribution in [0, 0.1) is 6.92 Å². The number of aliphatic hydroxyl groups excluding tert-OH is 4. The van der Waals surface area contributed by atoms with Gasteiger partial charge < -0.3 is 91.4 Å². The van der Waals surface area contributed by atoms with Crippen molar-refractivity contribution in [3.8, 4) is 40.2 Å². The lowest BCUT2D eigenvalue weighted by Crippen LogP contribution is -2.60. The van der Waals surface area contributed by atoms with Gasteiger partial charge in [0.05, 0.1) is 93.5 Å². The molecule has 1 saturated heterocycles. The minimum atomic E-state index is -5.17. The predicted molar refractivity (Wildman–Crippen MR) is 483 cm³/mol. The van der Waals surface area contributed by atoms with Gasteiger partial charge in [0.15, 0.2) is 61.7 Å². The number of Topliss-reactive ketones (excluding diaryl/α,β-unsaturated/α-hetero) is 3. The van der Waals surface area contributed by atoms with Gasteiger partial charge in [0.1, 0.15) is 60.5 Å². The Balaban J connectivity index is 0.529. The number of ketones is 3. The van der Waals surface area contributed by atoms with Crippen molar-refractivity contribution in [2.75, 3.05) is 80.3 Å². The summed E-state index contributed by atoms with van der Waals surface area (Å²) in [6.45, 7) is 2.68. The van der Waals surface area contributed by atoms with E-state index >= 15 is 0 Å². The molecule has 14 rings (SSSR count). The first kappa shape index (κ1) is 97.7. The van der Waals surface area contributed by atoms with Crippen LogP contribution in [-0.4, -0.2) is 256 Å². The summed E-state index contributed by atoms with van der Waals surface area (Å²) < 4.78 is 154. The van der Waals surface area contributed by atoms with Crippen LogP contribution in [0.3, 0.4) is 0 Å².